The van der Waals surface area contributed by atoms with Crippen molar-refractivity contribution in [2.75, 3.05) is 39.5 Å². The average molecular weight is 315 g/mol. The molecule has 0 bridgehead atoms. The van der Waals surface area contributed by atoms with Crippen molar-refractivity contribution in [3.63, 3.8) is 0 Å². The minimum Gasteiger partial charge on any atom is -0.492 e. The van der Waals surface area contributed by atoms with E-state index in [-0.39, 0.29) is 5.43 Å². The van der Waals surface area contributed by atoms with Crippen molar-refractivity contribution in [1.82, 2.24) is 4.90 Å². The molecule has 4 rings (SSSR count). The van der Waals surface area contributed by atoms with Gasteiger partial charge >= 0.3 is 0 Å². The van der Waals surface area contributed by atoms with Gasteiger partial charge in [-0.25, -0.2) is 0 Å². The molecule has 2 aromatic rings. The quantitative estimate of drug-likeness (QED) is 0.864. The van der Waals surface area contributed by atoms with Crippen LogP contribution in [0.1, 0.15) is 17.7 Å². The molecule has 1 aromatic carbocycles. The Labute approximate surface area is 134 Å². The first-order chi connectivity index (χ1) is 11.3. The predicted molar refractivity (Wildman–Crippen MR) is 87.3 cm³/mol. The molecule has 23 heavy (non-hydrogen) atoms. The largest absolute Gasteiger partial charge is 0.492 e. The maximum absolute atomic E-state index is 12.4. The first-order valence-corrected chi connectivity index (χ1v) is 8.33. The zero-order valence-corrected chi connectivity index (χ0v) is 13.2. The minimum atomic E-state index is 0.124. The fourth-order valence-corrected chi connectivity index (χ4v) is 3.35. The van der Waals surface area contributed by atoms with Crippen LogP contribution in [0.25, 0.3) is 11.0 Å². The Balaban J connectivity index is 1.48. The number of hydrogen-bond donors (Lipinski definition) is 0. The van der Waals surface area contributed by atoms with Gasteiger partial charge in [-0.15, -0.1) is 0 Å². The molecule has 0 spiro atoms. The van der Waals surface area contributed by atoms with Crippen molar-refractivity contribution >= 4 is 11.0 Å². The van der Waals surface area contributed by atoms with Crippen LogP contribution in [0.15, 0.2) is 27.4 Å². The summed E-state index contributed by atoms with van der Waals surface area (Å²) in [5.74, 6) is 1.61. The summed E-state index contributed by atoms with van der Waals surface area (Å²) in [4.78, 5) is 14.8. The number of morpholine rings is 1. The second-order valence-electron chi connectivity index (χ2n) is 6.15. The monoisotopic (exact) mass is 315 g/mol. The molecule has 1 aliphatic carbocycles. The number of fused-ring (bicyclic) bond motifs is 2. The molecule has 1 saturated heterocycles. The summed E-state index contributed by atoms with van der Waals surface area (Å²) in [6.07, 6.45) is 2.71. The normalized spacial score (nSPS) is 18.3. The summed E-state index contributed by atoms with van der Waals surface area (Å²) in [5.41, 5.74) is 1.62. The number of hydrogen-bond acceptors (Lipinski definition) is 5. The summed E-state index contributed by atoms with van der Waals surface area (Å²) in [5, 5.41) is 0.658. The number of nitrogens with zero attached hydrogens (tertiary/aromatic N) is 1. The van der Waals surface area contributed by atoms with Gasteiger partial charge in [0.25, 0.3) is 0 Å². The molecule has 0 atom stereocenters. The maximum atomic E-state index is 12.4. The first-order valence-electron chi connectivity index (χ1n) is 8.33. The Morgan fingerprint density at radius 2 is 2.04 bits per heavy atom. The zero-order valence-electron chi connectivity index (χ0n) is 13.2. The molecule has 0 N–H and O–H groups in total. The van der Waals surface area contributed by atoms with Crippen molar-refractivity contribution in [2.24, 2.45) is 0 Å². The van der Waals surface area contributed by atoms with Gasteiger partial charge in [-0.05, 0) is 25.0 Å². The van der Waals surface area contributed by atoms with E-state index in [2.05, 4.69) is 4.90 Å². The van der Waals surface area contributed by atoms with Gasteiger partial charge < -0.3 is 13.9 Å². The van der Waals surface area contributed by atoms with E-state index in [9.17, 15) is 4.79 Å². The standard InChI is InChI=1S/C18H21NO4/c20-18-14-2-1-3-16(14)23-17-12-13(4-5-15(17)18)22-11-8-19-6-9-21-10-7-19/h4-5,12H,1-3,6-11H2. The van der Waals surface area contributed by atoms with E-state index in [0.29, 0.717) is 17.6 Å². The van der Waals surface area contributed by atoms with Crippen molar-refractivity contribution < 1.29 is 13.9 Å². The Morgan fingerprint density at radius 3 is 2.91 bits per heavy atom. The molecule has 122 valence electrons. The van der Waals surface area contributed by atoms with Crippen molar-refractivity contribution in [2.45, 2.75) is 19.3 Å². The molecule has 2 aliphatic rings. The summed E-state index contributed by atoms with van der Waals surface area (Å²) in [6, 6.07) is 5.53. The first kappa shape index (κ1) is 14.7. The Hall–Kier alpha value is -1.85. The lowest BCUT2D eigenvalue weighted by Crippen LogP contribution is -2.38. The smallest absolute Gasteiger partial charge is 0.196 e. The van der Waals surface area contributed by atoms with Crippen LogP contribution in [0.4, 0.5) is 0 Å². The van der Waals surface area contributed by atoms with Gasteiger partial charge in [0.15, 0.2) is 5.43 Å². The number of aryl methyl sites for hydroxylation is 1. The van der Waals surface area contributed by atoms with E-state index in [1.54, 1.807) is 0 Å². The van der Waals surface area contributed by atoms with Crippen molar-refractivity contribution in [1.29, 1.82) is 0 Å². The molecule has 2 heterocycles. The molecule has 0 unspecified atom stereocenters. The molecule has 1 fully saturated rings. The molecular formula is C18H21NO4. The molecule has 1 aromatic heterocycles. The van der Waals surface area contributed by atoms with Crippen LogP contribution in [0, 0.1) is 0 Å². The summed E-state index contributed by atoms with van der Waals surface area (Å²) in [6.45, 7) is 5.03. The molecule has 0 amide bonds. The summed E-state index contributed by atoms with van der Waals surface area (Å²) < 4.78 is 17.1. The highest BCUT2D eigenvalue weighted by atomic mass is 16.5. The van der Waals surface area contributed by atoms with Crippen LogP contribution < -0.4 is 10.2 Å². The van der Waals surface area contributed by atoms with Crippen LogP contribution in [0.3, 0.4) is 0 Å². The highest BCUT2D eigenvalue weighted by molar-refractivity contribution is 5.79. The van der Waals surface area contributed by atoms with E-state index in [0.717, 1.165) is 69.2 Å². The molecule has 5 heteroatoms. The molecule has 1 aliphatic heterocycles. The fourth-order valence-electron chi connectivity index (χ4n) is 3.35. The highest BCUT2D eigenvalue weighted by Gasteiger charge is 2.19. The Morgan fingerprint density at radius 1 is 1.17 bits per heavy atom. The SMILES string of the molecule is O=c1c2c(oc3cc(OCCN4CCOCC4)ccc13)CCC2. The lowest BCUT2D eigenvalue weighted by Gasteiger charge is -2.26. The third-order valence-electron chi connectivity index (χ3n) is 4.65. The van der Waals surface area contributed by atoms with Gasteiger partial charge in [-0.1, -0.05) is 0 Å². The van der Waals surface area contributed by atoms with Gasteiger partial charge in [0.05, 0.1) is 18.6 Å². The van der Waals surface area contributed by atoms with Gasteiger partial charge in [0.1, 0.15) is 23.7 Å². The van der Waals surface area contributed by atoms with Crippen molar-refractivity contribution in [3.8, 4) is 5.75 Å². The topological polar surface area (TPSA) is 51.9 Å². The Kier molecular flexibility index (Phi) is 4.06. The number of benzene rings is 1. The minimum absolute atomic E-state index is 0.124. The second kappa shape index (κ2) is 6.34. The average Bonchev–Trinajstić information content (AvgIpc) is 3.04. The molecule has 5 nitrogen and oxygen atoms in total. The zero-order chi connectivity index (χ0) is 15.6. The highest BCUT2D eigenvalue weighted by Crippen LogP contribution is 2.26. The third-order valence-corrected chi connectivity index (χ3v) is 4.65. The van der Waals surface area contributed by atoms with Crippen LogP contribution in [-0.4, -0.2) is 44.4 Å². The van der Waals surface area contributed by atoms with Gasteiger partial charge in [-0.2, -0.15) is 0 Å². The lowest BCUT2D eigenvalue weighted by atomic mass is 10.1. The second-order valence-corrected chi connectivity index (χ2v) is 6.15. The van der Waals surface area contributed by atoms with Crippen molar-refractivity contribution in [3.05, 3.63) is 39.7 Å². The summed E-state index contributed by atoms with van der Waals surface area (Å²) >= 11 is 0. The van der Waals surface area contributed by atoms with Gasteiger partial charge in [-0.3, -0.25) is 9.69 Å². The molecule has 0 radical (unpaired) electrons. The maximum Gasteiger partial charge on any atom is 0.196 e. The van der Waals surface area contributed by atoms with E-state index in [4.69, 9.17) is 13.9 Å². The Bertz CT molecular complexity index is 761. The van der Waals surface area contributed by atoms with Gasteiger partial charge in [0.2, 0.25) is 0 Å². The summed E-state index contributed by atoms with van der Waals surface area (Å²) in [7, 11) is 0. The predicted octanol–water partition coefficient (Wildman–Crippen LogP) is 1.99. The van der Waals surface area contributed by atoms with Crippen LogP contribution in [-0.2, 0) is 17.6 Å². The third kappa shape index (κ3) is 2.99. The van der Waals surface area contributed by atoms with E-state index < -0.39 is 0 Å². The molecular weight excluding hydrogens is 294 g/mol. The van der Waals surface area contributed by atoms with E-state index in [1.165, 1.54) is 0 Å². The fraction of sp³-hybridized carbons (Fsp3) is 0.500. The van der Waals surface area contributed by atoms with Crippen LogP contribution in [0.2, 0.25) is 0 Å². The lowest BCUT2D eigenvalue weighted by molar-refractivity contribution is 0.0322. The number of ether oxygens (including phenoxy) is 2. The van der Waals surface area contributed by atoms with Crippen LogP contribution in [0.5, 0.6) is 5.75 Å². The molecule has 0 saturated carbocycles. The van der Waals surface area contributed by atoms with E-state index >= 15 is 0 Å². The number of rotatable bonds is 4. The van der Waals surface area contributed by atoms with Gasteiger partial charge in [0, 0.05) is 37.7 Å². The van der Waals surface area contributed by atoms with Crippen LogP contribution >= 0.6 is 0 Å². The van der Waals surface area contributed by atoms with E-state index in [1.807, 2.05) is 18.2 Å².